The molecule has 1 fully saturated rings. The van der Waals surface area contributed by atoms with Crippen molar-refractivity contribution in [2.45, 2.75) is 13.0 Å². The van der Waals surface area contributed by atoms with Crippen molar-refractivity contribution in [1.29, 1.82) is 0 Å². The highest BCUT2D eigenvalue weighted by Crippen LogP contribution is 2.30. The summed E-state index contributed by atoms with van der Waals surface area (Å²) in [6.07, 6.45) is 1.81. The van der Waals surface area contributed by atoms with E-state index in [0.29, 0.717) is 12.2 Å². The molecular weight excluding hydrogens is 457 g/mol. The molecule has 1 N–H and O–H groups in total. The van der Waals surface area contributed by atoms with Crippen molar-refractivity contribution in [3.63, 3.8) is 0 Å². The molecule has 8 heteroatoms. The molecule has 1 amide bonds. The molecule has 0 bridgehead atoms. The fourth-order valence-corrected chi connectivity index (χ4v) is 4.44. The molecule has 0 aliphatic carbocycles. The van der Waals surface area contributed by atoms with Gasteiger partial charge in [0.05, 0.1) is 5.56 Å². The van der Waals surface area contributed by atoms with Crippen LogP contribution < -0.4 is 10.2 Å². The minimum atomic E-state index is -0.455. The SMILES string of the molecule is CC(CN1CCN(c2ccccn2)CC1)NC(=O)c1oc(-c2ccccc2F)nc1-c1ccccc1. The first-order chi connectivity index (χ1) is 17.6. The van der Waals surface area contributed by atoms with Crippen molar-refractivity contribution in [3.05, 3.63) is 90.6 Å². The topological polar surface area (TPSA) is 74.5 Å². The molecule has 1 saturated heterocycles. The maximum Gasteiger partial charge on any atom is 0.289 e. The third-order valence-corrected chi connectivity index (χ3v) is 6.24. The zero-order chi connectivity index (χ0) is 24.9. The van der Waals surface area contributed by atoms with Crippen LogP contribution >= 0.6 is 0 Å². The molecule has 1 aliphatic rings. The lowest BCUT2D eigenvalue weighted by Gasteiger charge is -2.36. The smallest absolute Gasteiger partial charge is 0.289 e. The van der Waals surface area contributed by atoms with Crippen molar-refractivity contribution < 1.29 is 13.6 Å². The van der Waals surface area contributed by atoms with Gasteiger partial charge in [0.2, 0.25) is 11.7 Å². The number of pyridine rings is 1. The van der Waals surface area contributed by atoms with Crippen molar-refractivity contribution in [1.82, 2.24) is 20.2 Å². The van der Waals surface area contributed by atoms with E-state index in [9.17, 15) is 9.18 Å². The Morgan fingerprint density at radius 1 is 1.00 bits per heavy atom. The van der Waals surface area contributed by atoms with Gasteiger partial charge in [-0.15, -0.1) is 0 Å². The first-order valence-corrected chi connectivity index (χ1v) is 12.1. The van der Waals surface area contributed by atoms with Crippen molar-refractivity contribution in [2.24, 2.45) is 0 Å². The number of halogens is 1. The number of hydrogen-bond donors (Lipinski definition) is 1. The molecule has 5 rings (SSSR count). The maximum absolute atomic E-state index is 14.4. The van der Waals surface area contributed by atoms with Crippen LogP contribution in [0, 0.1) is 5.82 Å². The van der Waals surface area contributed by atoms with Crippen LogP contribution in [0.3, 0.4) is 0 Å². The van der Waals surface area contributed by atoms with E-state index in [-0.39, 0.29) is 29.2 Å². The summed E-state index contributed by atoms with van der Waals surface area (Å²) in [5, 5.41) is 3.04. The molecule has 2 aromatic heterocycles. The molecule has 1 atom stereocenters. The first-order valence-electron chi connectivity index (χ1n) is 12.1. The molecule has 1 aliphatic heterocycles. The number of piperazine rings is 1. The molecule has 1 unspecified atom stereocenters. The number of nitrogens with one attached hydrogen (secondary N) is 1. The minimum Gasteiger partial charge on any atom is -0.430 e. The summed E-state index contributed by atoms with van der Waals surface area (Å²) in [4.78, 5) is 26.8. The van der Waals surface area contributed by atoms with Gasteiger partial charge >= 0.3 is 0 Å². The van der Waals surface area contributed by atoms with E-state index >= 15 is 0 Å². The zero-order valence-corrected chi connectivity index (χ0v) is 20.1. The van der Waals surface area contributed by atoms with Gasteiger partial charge in [0.25, 0.3) is 5.91 Å². The van der Waals surface area contributed by atoms with Crippen LogP contribution in [0.25, 0.3) is 22.7 Å². The highest BCUT2D eigenvalue weighted by Gasteiger charge is 2.26. The van der Waals surface area contributed by atoms with Crippen LogP contribution in [0.15, 0.2) is 83.4 Å². The number of aromatic nitrogens is 2. The first kappa shape index (κ1) is 23.7. The fourth-order valence-electron chi connectivity index (χ4n) is 4.44. The summed E-state index contributed by atoms with van der Waals surface area (Å²) in [6, 6.07) is 21.4. The van der Waals surface area contributed by atoms with E-state index in [1.165, 1.54) is 6.07 Å². The molecule has 0 saturated carbocycles. The normalized spacial score (nSPS) is 15.0. The van der Waals surface area contributed by atoms with E-state index < -0.39 is 5.82 Å². The summed E-state index contributed by atoms with van der Waals surface area (Å²) < 4.78 is 20.3. The Kier molecular flexibility index (Phi) is 7.04. The van der Waals surface area contributed by atoms with Gasteiger partial charge in [0, 0.05) is 50.5 Å². The summed E-state index contributed by atoms with van der Waals surface area (Å²) >= 11 is 0. The standard InChI is InChI=1S/C28H28FN5O2/c1-20(19-33-15-17-34(18-16-33)24-13-7-8-14-30-24)31-27(35)26-25(21-9-3-2-4-10-21)32-28(36-26)22-11-5-6-12-23(22)29/h2-14,20H,15-19H2,1H3,(H,31,35). The molecule has 4 aromatic rings. The predicted octanol–water partition coefficient (Wildman–Crippen LogP) is 4.48. The highest BCUT2D eigenvalue weighted by atomic mass is 19.1. The fraction of sp³-hybridized carbons (Fsp3) is 0.250. The number of amides is 1. The van der Waals surface area contributed by atoms with E-state index in [4.69, 9.17) is 4.42 Å². The number of carbonyl (C=O) groups excluding carboxylic acids is 1. The molecule has 36 heavy (non-hydrogen) atoms. The predicted molar refractivity (Wildman–Crippen MR) is 137 cm³/mol. The second-order valence-corrected chi connectivity index (χ2v) is 8.89. The Morgan fingerprint density at radius 3 is 2.44 bits per heavy atom. The van der Waals surface area contributed by atoms with Gasteiger partial charge < -0.3 is 14.6 Å². The van der Waals surface area contributed by atoms with E-state index in [2.05, 4.69) is 25.1 Å². The zero-order valence-electron chi connectivity index (χ0n) is 20.1. The average Bonchev–Trinajstić information content (AvgIpc) is 3.36. The van der Waals surface area contributed by atoms with Gasteiger partial charge in [-0.25, -0.2) is 14.4 Å². The Bertz CT molecular complexity index is 1300. The number of oxazole rings is 1. The Balaban J connectivity index is 1.28. The molecule has 184 valence electrons. The molecule has 0 spiro atoms. The molecule has 7 nitrogen and oxygen atoms in total. The Hall–Kier alpha value is -4.04. The quantitative estimate of drug-likeness (QED) is 0.416. The van der Waals surface area contributed by atoms with E-state index in [0.717, 1.165) is 37.6 Å². The largest absolute Gasteiger partial charge is 0.430 e. The van der Waals surface area contributed by atoms with Crippen molar-refractivity contribution in [2.75, 3.05) is 37.6 Å². The van der Waals surface area contributed by atoms with E-state index in [1.807, 2.05) is 61.7 Å². The lowest BCUT2D eigenvalue weighted by Crippen LogP contribution is -2.51. The summed E-state index contributed by atoms with van der Waals surface area (Å²) in [6.45, 7) is 6.20. The van der Waals surface area contributed by atoms with Crippen molar-refractivity contribution in [3.8, 4) is 22.7 Å². The van der Waals surface area contributed by atoms with Crippen LogP contribution in [-0.4, -0.2) is 59.5 Å². The van der Waals surface area contributed by atoms with Crippen LogP contribution in [0.5, 0.6) is 0 Å². The van der Waals surface area contributed by atoms with Gasteiger partial charge in [-0.1, -0.05) is 48.5 Å². The number of benzene rings is 2. The van der Waals surface area contributed by atoms with Gasteiger partial charge in [-0.05, 0) is 31.2 Å². The van der Waals surface area contributed by atoms with Crippen LogP contribution in [0.4, 0.5) is 10.2 Å². The van der Waals surface area contributed by atoms with Crippen LogP contribution in [0.1, 0.15) is 17.5 Å². The maximum atomic E-state index is 14.4. The monoisotopic (exact) mass is 485 g/mol. The van der Waals surface area contributed by atoms with Gasteiger partial charge in [-0.2, -0.15) is 0 Å². The molecule has 3 heterocycles. The summed E-state index contributed by atoms with van der Waals surface area (Å²) in [7, 11) is 0. The van der Waals surface area contributed by atoms with Crippen LogP contribution in [-0.2, 0) is 0 Å². The average molecular weight is 486 g/mol. The molecule has 2 aromatic carbocycles. The van der Waals surface area contributed by atoms with Gasteiger partial charge in [0.15, 0.2) is 0 Å². The third-order valence-electron chi connectivity index (χ3n) is 6.24. The Morgan fingerprint density at radius 2 is 1.72 bits per heavy atom. The number of hydrogen-bond acceptors (Lipinski definition) is 6. The highest BCUT2D eigenvalue weighted by molar-refractivity contribution is 5.98. The van der Waals surface area contributed by atoms with Crippen molar-refractivity contribution >= 4 is 11.7 Å². The summed E-state index contributed by atoms with van der Waals surface area (Å²) in [5.74, 6) is 0.316. The Labute approximate surface area is 209 Å². The van der Waals surface area contributed by atoms with Crippen LogP contribution in [0.2, 0.25) is 0 Å². The lowest BCUT2D eigenvalue weighted by molar-refractivity contribution is 0.0901. The second-order valence-electron chi connectivity index (χ2n) is 8.89. The number of rotatable bonds is 7. The van der Waals surface area contributed by atoms with Gasteiger partial charge in [0.1, 0.15) is 17.3 Å². The number of carbonyl (C=O) groups is 1. The summed E-state index contributed by atoms with van der Waals surface area (Å²) in [5.41, 5.74) is 1.34. The van der Waals surface area contributed by atoms with E-state index in [1.54, 1.807) is 18.2 Å². The number of nitrogens with zero attached hydrogens (tertiary/aromatic N) is 4. The number of anilines is 1. The third kappa shape index (κ3) is 5.28. The minimum absolute atomic E-state index is 0.0753. The lowest BCUT2D eigenvalue weighted by atomic mass is 10.1. The second kappa shape index (κ2) is 10.7. The molecular formula is C28H28FN5O2. The molecule has 0 radical (unpaired) electrons. The van der Waals surface area contributed by atoms with Gasteiger partial charge in [-0.3, -0.25) is 9.69 Å².